The van der Waals surface area contributed by atoms with Crippen LogP contribution in [0.15, 0.2) is 47.3 Å². The summed E-state index contributed by atoms with van der Waals surface area (Å²) in [5, 5.41) is 1.73. The Balaban J connectivity index is 1.28. The number of fused-ring (bicyclic) bond motifs is 4. The Morgan fingerprint density at radius 2 is 2.07 bits per heavy atom. The molecule has 0 amide bonds. The van der Waals surface area contributed by atoms with Crippen molar-refractivity contribution in [2.75, 3.05) is 0 Å². The molecule has 0 fully saturated rings. The first-order chi connectivity index (χ1) is 14.2. The zero-order valence-corrected chi connectivity index (χ0v) is 16.3. The number of aromatic amines is 1. The smallest absolute Gasteiger partial charge is 0.331 e. The number of ether oxygens (including phenoxy) is 1. The van der Waals surface area contributed by atoms with E-state index in [0.717, 1.165) is 40.6 Å². The maximum Gasteiger partial charge on any atom is 0.331 e. The third kappa shape index (κ3) is 3.45. The number of aromatic nitrogens is 3. The first-order valence-corrected chi connectivity index (χ1v) is 10.2. The average Bonchev–Trinajstić information content (AvgIpc) is 3.31. The van der Waals surface area contributed by atoms with Crippen molar-refractivity contribution in [3.05, 3.63) is 74.8 Å². The van der Waals surface area contributed by atoms with Crippen molar-refractivity contribution >= 4 is 44.5 Å². The minimum atomic E-state index is -0.517. The molecule has 4 aromatic rings. The van der Waals surface area contributed by atoms with Gasteiger partial charge >= 0.3 is 5.97 Å². The van der Waals surface area contributed by atoms with Crippen molar-refractivity contribution in [2.45, 2.75) is 25.9 Å². The van der Waals surface area contributed by atoms with Crippen LogP contribution in [0.4, 0.5) is 0 Å². The van der Waals surface area contributed by atoms with Crippen LogP contribution in [0.25, 0.3) is 27.2 Å². The van der Waals surface area contributed by atoms with E-state index in [1.807, 2.05) is 36.4 Å². The first kappa shape index (κ1) is 17.8. The van der Waals surface area contributed by atoms with Gasteiger partial charge in [-0.3, -0.25) is 4.79 Å². The summed E-state index contributed by atoms with van der Waals surface area (Å²) < 4.78 is 5.24. The molecule has 0 spiro atoms. The number of hydrogen-bond acceptors (Lipinski definition) is 6. The summed E-state index contributed by atoms with van der Waals surface area (Å²) in [6.45, 7) is -0.0813. The summed E-state index contributed by atoms with van der Waals surface area (Å²) >= 11 is 1.56. The second-order valence-corrected chi connectivity index (χ2v) is 8.00. The third-order valence-electron chi connectivity index (χ3n) is 4.99. The molecule has 29 heavy (non-hydrogen) atoms. The molecule has 0 aliphatic heterocycles. The third-order valence-corrected chi connectivity index (χ3v) is 6.17. The van der Waals surface area contributed by atoms with Crippen molar-refractivity contribution in [1.29, 1.82) is 0 Å². The number of benzene rings is 1. The summed E-state index contributed by atoms with van der Waals surface area (Å²) in [4.78, 5) is 38.2. The minimum absolute atomic E-state index is 0.0813. The number of nitrogens with one attached hydrogen (secondary N) is 1. The molecule has 1 aromatic carbocycles. The zero-order valence-electron chi connectivity index (χ0n) is 15.5. The number of carbonyl (C=O) groups is 1. The van der Waals surface area contributed by atoms with Gasteiger partial charge < -0.3 is 9.72 Å². The topological polar surface area (TPSA) is 84.9 Å². The molecule has 5 rings (SSSR count). The summed E-state index contributed by atoms with van der Waals surface area (Å²) in [5.41, 5.74) is 2.51. The molecule has 7 heteroatoms. The van der Waals surface area contributed by atoms with Crippen LogP contribution >= 0.6 is 11.3 Å². The molecule has 144 valence electrons. The van der Waals surface area contributed by atoms with E-state index >= 15 is 0 Å². The molecule has 6 nitrogen and oxygen atoms in total. The lowest BCUT2D eigenvalue weighted by Gasteiger charge is -2.02. The Bertz CT molecular complexity index is 1340. The Hall–Kier alpha value is -3.32. The SMILES string of the molecule is O=C(/C=C/c1ccc2ccccc2n1)OCc1nc2sc3c(c2c(=O)[nH]1)CCC3. The minimum Gasteiger partial charge on any atom is -0.454 e. The van der Waals surface area contributed by atoms with Gasteiger partial charge in [-0.1, -0.05) is 24.3 Å². The lowest BCUT2D eigenvalue weighted by Crippen LogP contribution is -2.13. The van der Waals surface area contributed by atoms with E-state index in [1.54, 1.807) is 17.4 Å². The van der Waals surface area contributed by atoms with Gasteiger partial charge in [0.05, 0.1) is 16.6 Å². The van der Waals surface area contributed by atoms with Gasteiger partial charge in [-0.2, -0.15) is 0 Å². The largest absolute Gasteiger partial charge is 0.454 e. The van der Waals surface area contributed by atoms with E-state index in [2.05, 4.69) is 15.0 Å². The summed E-state index contributed by atoms with van der Waals surface area (Å²) in [6.07, 6.45) is 5.97. The van der Waals surface area contributed by atoms with Crippen molar-refractivity contribution in [3.63, 3.8) is 0 Å². The van der Waals surface area contributed by atoms with Gasteiger partial charge in [-0.05, 0) is 43.0 Å². The van der Waals surface area contributed by atoms with Crippen LogP contribution in [0.2, 0.25) is 0 Å². The number of rotatable bonds is 4. The molecule has 3 heterocycles. The van der Waals surface area contributed by atoms with Crippen LogP contribution < -0.4 is 5.56 Å². The fourth-order valence-corrected chi connectivity index (χ4v) is 4.91. The molecule has 0 radical (unpaired) electrons. The van der Waals surface area contributed by atoms with Crippen molar-refractivity contribution < 1.29 is 9.53 Å². The van der Waals surface area contributed by atoms with E-state index in [1.165, 1.54) is 11.0 Å². The van der Waals surface area contributed by atoms with E-state index in [0.29, 0.717) is 16.9 Å². The number of thiophene rings is 1. The maximum atomic E-state index is 12.4. The Morgan fingerprint density at radius 3 is 3.00 bits per heavy atom. The Kier molecular flexibility index (Phi) is 4.44. The first-order valence-electron chi connectivity index (χ1n) is 9.41. The van der Waals surface area contributed by atoms with Crippen LogP contribution in [0.3, 0.4) is 0 Å². The Morgan fingerprint density at radius 1 is 1.17 bits per heavy atom. The van der Waals surface area contributed by atoms with E-state index in [4.69, 9.17) is 4.74 Å². The van der Waals surface area contributed by atoms with Crippen LogP contribution in [-0.2, 0) is 29.0 Å². The molecule has 0 saturated carbocycles. The number of nitrogens with zero attached hydrogens (tertiary/aromatic N) is 2. The fraction of sp³-hybridized carbons (Fsp3) is 0.182. The van der Waals surface area contributed by atoms with Gasteiger partial charge in [0.15, 0.2) is 0 Å². The van der Waals surface area contributed by atoms with Gasteiger partial charge in [0.1, 0.15) is 17.3 Å². The lowest BCUT2D eigenvalue weighted by molar-refractivity contribution is -0.139. The fourth-order valence-electron chi connectivity index (χ4n) is 3.63. The summed E-state index contributed by atoms with van der Waals surface area (Å²) in [6, 6.07) is 11.6. The number of aryl methyl sites for hydroxylation is 2. The monoisotopic (exact) mass is 403 g/mol. The molecule has 0 saturated heterocycles. The maximum absolute atomic E-state index is 12.4. The van der Waals surface area contributed by atoms with Gasteiger partial charge in [-0.15, -0.1) is 11.3 Å². The lowest BCUT2D eigenvalue weighted by atomic mass is 10.2. The highest BCUT2D eigenvalue weighted by molar-refractivity contribution is 7.18. The molecule has 1 N–H and O–H groups in total. The summed E-state index contributed by atoms with van der Waals surface area (Å²) in [5.74, 6) is -0.163. The number of H-pyrrole nitrogens is 1. The molecule has 0 unspecified atom stereocenters. The normalized spacial score (nSPS) is 13.4. The highest BCUT2D eigenvalue weighted by Crippen LogP contribution is 2.34. The van der Waals surface area contributed by atoms with Crippen LogP contribution in [0, 0.1) is 0 Å². The van der Waals surface area contributed by atoms with E-state index < -0.39 is 5.97 Å². The van der Waals surface area contributed by atoms with Gasteiger partial charge in [0.25, 0.3) is 5.56 Å². The molecule has 0 atom stereocenters. The van der Waals surface area contributed by atoms with Gasteiger partial charge in [0.2, 0.25) is 0 Å². The van der Waals surface area contributed by atoms with E-state index in [9.17, 15) is 9.59 Å². The van der Waals surface area contributed by atoms with Crippen LogP contribution in [0.1, 0.15) is 28.4 Å². The van der Waals surface area contributed by atoms with Crippen molar-refractivity contribution in [2.24, 2.45) is 0 Å². The van der Waals surface area contributed by atoms with Crippen molar-refractivity contribution in [1.82, 2.24) is 15.0 Å². The Labute approximate surface area is 169 Å². The molecular weight excluding hydrogens is 386 g/mol. The molecule has 1 aliphatic carbocycles. The average molecular weight is 403 g/mol. The second-order valence-electron chi connectivity index (χ2n) is 6.92. The highest BCUT2D eigenvalue weighted by atomic mass is 32.1. The molecule has 1 aliphatic rings. The predicted molar refractivity (Wildman–Crippen MR) is 113 cm³/mol. The van der Waals surface area contributed by atoms with Gasteiger partial charge in [-0.25, -0.2) is 14.8 Å². The predicted octanol–water partition coefficient (Wildman–Crippen LogP) is 3.78. The van der Waals surface area contributed by atoms with Gasteiger partial charge in [0, 0.05) is 16.3 Å². The summed E-state index contributed by atoms with van der Waals surface area (Å²) in [7, 11) is 0. The van der Waals surface area contributed by atoms with Crippen LogP contribution in [0.5, 0.6) is 0 Å². The number of hydrogen-bond donors (Lipinski definition) is 1. The molecule has 0 bridgehead atoms. The number of para-hydroxylation sites is 1. The highest BCUT2D eigenvalue weighted by Gasteiger charge is 2.21. The number of carbonyl (C=O) groups excluding carboxylic acids is 1. The quantitative estimate of drug-likeness (QED) is 0.414. The molecular formula is C22H17N3O3S. The van der Waals surface area contributed by atoms with Crippen LogP contribution in [-0.4, -0.2) is 20.9 Å². The standard InChI is InChI=1S/C22H17N3O3S/c26-19(11-10-14-9-8-13-4-1-2-6-16(13)23-14)28-12-18-24-21(27)20-15-5-3-7-17(15)29-22(20)25-18/h1-2,4,6,8-11H,3,5,7,12H2,(H,24,25,27)/b11-10+. The van der Waals surface area contributed by atoms with Crippen molar-refractivity contribution in [3.8, 4) is 0 Å². The number of esters is 1. The zero-order chi connectivity index (χ0) is 19.8. The van der Waals surface area contributed by atoms with E-state index in [-0.39, 0.29) is 12.2 Å². The second kappa shape index (κ2) is 7.25. The number of pyridine rings is 1. The molecule has 3 aromatic heterocycles.